The maximum absolute atomic E-state index is 7.00. The maximum atomic E-state index is 7.00. The Bertz CT molecular complexity index is 168. The summed E-state index contributed by atoms with van der Waals surface area (Å²) < 4.78 is 0. The van der Waals surface area contributed by atoms with Crippen molar-refractivity contribution >= 4 is 26.6 Å². The van der Waals surface area contributed by atoms with Gasteiger partial charge in [0.15, 0.2) is 0 Å². The van der Waals surface area contributed by atoms with E-state index in [1.807, 2.05) is 12.1 Å². The van der Waals surface area contributed by atoms with Crippen molar-refractivity contribution in [1.29, 1.82) is 0 Å². The summed E-state index contributed by atoms with van der Waals surface area (Å²) in [6.45, 7) is 0. The lowest BCUT2D eigenvalue weighted by atomic mass is 9.81. The van der Waals surface area contributed by atoms with Crippen LogP contribution in [-0.4, -0.2) is 27.9 Å². The van der Waals surface area contributed by atoms with Crippen LogP contribution in [0, 0.1) is 0 Å². The number of rotatable bonds is 0. The molecule has 1 rings (SSSR count). The molecule has 0 saturated heterocycles. The molecular formula is C7H8B2O. The van der Waals surface area contributed by atoms with Gasteiger partial charge in [-0.1, -0.05) is 24.3 Å². The molecule has 0 spiro atoms. The van der Waals surface area contributed by atoms with Crippen LogP contribution in [0.25, 0.3) is 0 Å². The topological polar surface area (TPSA) is 20.2 Å². The number of hydrogen-bond acceptors (Lipinski definition) is 1. The third kappa shape index (κ3) is 2.74. The first kappa shape index (κ1) is 9.31. The average Bonchev–Trinajstić information content (AvgIpc) is 2.00. The Kier molecular flexibility index (Phi) is 4.77. The molecule has 1 aromatic rings. The molecule has 0 fully saturated rings. The van der Waals surface area contributed by atoms with Crippen LogP contribution in [0.2, 0.25) is 0 Å². The van der Waals surface area contributed by atoms with Crippen molar-refractivity contribution in [2.75, 3.05) is 7.11 Å². The third-order valence-electron chi connectivity index (χ3n) is 0.996. The van der Waals surface area contributed by atoms with Gasteiger partial charge in [0, 0.05) is 7.11 Å². The minimum Gasteiger partial charge on any atom is -0.400 e. The SMILES string of the molecule is CO.[B]c1ccccc1[B]. The Morgan fingerprint density at radius 1 is 1.00 bits per heavy atom. The summed E-state index contributed by atoms with van der Waals surface area (Å²) in [7, 11) is 11.8. The summed E-state index contributed by atoms with van der Waals surface area (Å²) in [5.41, 5.74) is 1.29. The standard InChI is InChI=1S/C6H4B2.CH4O/c7-5-3-1-2-4-6(5)8;1-2/h1-4H;2H,1H3. The van der Waals surface area contributed by atoms with Gasteiger partial charge in [-0.2, -0.15) is 0 Å². The lowest BCUT2D eigenvalue weighted by Crippen LogP contribution is -2.24. The average molecular weight is 130 g/mol. The Balaban J connectivity index is 0.000000371. The number of benzene rings is 1. The van der Waals surface area contributed by atoms with E-state index in [-0.39, 0.29) is 0 Å². The van der Waals surface area contributed by atoms with Crippen molar-refractivity contribution in [1.82, 2.24) is 0 Å². The fourth-order valence-electron chi connectivity index (χ4n) is 0.511. The molecule has 3 heteroatoms. The monoisotopic (exact) mass is 130 g/mol. The van der Waals surface area contributed by atoms with Crippen molar-refractivity contribution in [2.45, 2.75) is 0 Å². The van der Waals surface area contributed by atoms with E-state index in [4.69, 9.17) is 20.8 Å². The molecule has 0 aromatic heterocycles. The largest absolute Gasteiger partial charge is 0.400 e. The molecule has 0 heterocycles. The second kappa shape index (κ2) is 5.12. The van der Waals surface area contributed by atoms with E-state index in [1.54, 1.807) is 12.1 Å². The van der Waals surface area contributed by atoms with Crippen LogP contribution in [0.4, 0.5) is 0 Å². The Labute approximate surface area is 63.9 Å². The number of hydrogen-bond donors (Lipinski definition) is 1. The highest BCUT2D eigenvalue weighted by atomic mass is 16.2. The smallest absolute Gasteiger partial charge is 0.112 e. The van der Waals surface area contributed by atoms with E-state index < -0.39 is 0 Å². The van der Waals surface area contributed by atoms with Crippen LogP contribution < -0.4 is 10.9 Å². The van der Waals surface area contributed by atoms with Gasteiger partial charge in [0.2, 0.25) is 0 Å². The van der Waals surface area contributed by atoms with Crippen molar-refractivity contribution in [3.05, 3.63) is 24.3 Å². The molecule has 0 unspecified atom stereocenters. The van der Waals surface area contributed by atoms with Gasteiger partial charge in [-0.15, -0.1) is 10.9 Å². The molecule has 10 heavy (non-hydrogen) atoms. The zero-order valence-corrected chi connectivity index (χ0v) is 5.91. The molecule has 0 aliphatic rings. The minimum absolute atomic E-state index is 0.646. The van der Waals surface area contributed by atoms with E-state index in [9.17, 15) is 0 Å². The summed E-state index contributed by atoms with van der Waals surface area (Å²) in [5, 5.41) is 7.00. The third-order valence-corrected chi connectivity index (χ3v) is 0.996. The van der Waals surface area contributed by atoms with Crippen LogP contribution in [-0.2, 0) is 0 Å². The molecule has 0 saturated carbocycles. The fourth-order valence-corrected chi connectivity index (χ4v) is 0.511. The maximum Gasteiger partial charge on any atom is 0.112 e. The predicted octanol–water partition coefficient (Wildman–Crippen LogP) is -1.12. The molecule has 1 nitrogen and oxygen atoms in total. The van der Waals surface area contributed by atoms with E-state index in [0.717, 1.165) is 7.11 Å². The van der Waals surface area contributed by atoms with Gasteiger partial charge in [-0.25, -0.2) is 0 Å². The van der Waals surface area contributed by atoms with Gasteiger partial charge in [-0.3, -0.25) is 0 Å². The second-order valence-electron chi connectivity index (χ2n) is 1.63. The van der Waals surface area contributed by atoms with E-state index in [1.165, 1.54) is 0 Å². The molecule has 0 bridgehead atoms. The summed E-state index contributed by atoms with van der Waals surface area (Å²) in [4.78, 5) is 0. The number of aliphatic hydroxyl groups is 1. The zero-order valence-electron chi connectivity index (χ0n) is 5.91. The number of aliphatic hydroxyl groups excluding tert-OH is 1. The van der Waals surface area contributed by atoms with E-state index in [2.05, 4.69) is 0 Å². The first-order valence-electron chi connectivity index (χ1n) is 2.85. The normalized spacial score (nSPS) is 7.80. The van der Waals surface area contributed by atoms with Gasteiger partial charge in [0.1, 0.15) is 15.7 Å². The summed E-state index contributed by atoms with van der Waals surface area (Å²) in [5.74, 6) is 0. The van der Waals surface area contributed by atoms with Crippen LogP contribution in [0.15, 0.2) is 24.3 Å². The van der Waals surface area contributed by atoms with Gasteiger partial charge in [0.05, 0.1) is 0 Å². The highest BCUT2D eigenvalue weighted by Gasteiger charge is 1.83. The Morgan fingerprint density at radius 2 is 1.30 bits per heavy atom. The van der Waals surface area contributed by atoms with Gasteiger partial charge >= 0.3 is 0 Å². The van der Waals surface area contributed by atoms with Gasteiger partial charge < -0.3 is 5.11 Å². The molecule has 1 N–H and O–H groups in total. The van der Waals surface area contributed by atoms with Crippen molar-refractivity contribution in [2.24, 2.45) is 0 Å². The molecule has 1 aromatic carbocycles. The van der Waals surface area contributed by atoms with Crippen LogP contribution in [0.3, 0.4) is 0 Å². The summed E-state index contributed by atoms with van der Waals surface area (Å²) >= 11 is 0. The van der Waals surface area contributed by atoms with Crippen LogP contribution >= 0.6 is 0 Å². The first-order chi connectivity index (χ1) is 4.80. The van der Waals surface area contributed by atoms with Gasteiger partial charge in [0.25, 0.3) is 0 Å². The Morgan fingerprint density at radius 3 is 1.50 bits per heavy atom. The molecule has 0 aliphatic carbocycles. The van der Waals surface area contributed by atoms with Gasteiger partial charge in [-0.05, 0) is 0 Å². The molecule has 0 atom stereocenters. The van der Waals surface area contributed by atoms with Crippen LogP contribution in [0.5, 0.6) is 0 Å². The first-order valence-corrected chi connectivity index (χ1v) is 2.85. The van der Waals surface area contributed by atoms with Crippen LogP contribution in [0.1, 0.15) is 0 Å². The molecule has 4 radical (unpaired) electrons. The second-order valence-corrected chi connectivity index (χ2v) is 1.63. The highest BCUT2D eigenvalue weighted by molar-refractivity contribution is 6.48. The molecule has 0 amide bonds. The molecular weight excluding hydrogens is 122 g/mol. The summed E-state index contributed by atoms with van der Waals surface area (Å²) in [6, 6.07) is 7.25. The lowest BCUT2D eigenvalue weighted by Gasteiger charge is -1.94. The van der Waals surface area contributed by atoms with Crippen molar-refractivity contribution < 1.29 is 5.11 Å². The van der Waals surface area contributed by atoms with Crippen molar-refractivity contribution in [3.8, 4) is 0 Å². The van der Waals surface area contributed by atoms with E-state index >= 15 is 0 Å². The summed E-state index contributed by atoms with van der Waals surface area (Å²) in [6.07, 6.45) is 0. The predicted molar refractivity (Wildman–Crippen MR) is 45.4 cm³/mol. The molecule has 48 valence electrons. The Hall–Kier alpha value is -0.690. The van der Waals surface area contributed by atoms with Crippen molar-refractivity contribution in [3.63, 3.8) is 0 Å². The fraction of sp³-hybridized carbons (Fsp3) is 0.143. The lowest BCUT2D eigenvalue weighted by molar-refractivity contribution is 0.399. The minimum atomic E-state index is 0.646. The molecule has 0 aliphatic heterocycles. The zero-order chi connectivity index (χ0) is 7.98. The quantitative estimate of drug-likeness (QED) is 0.441. The highest BCUT2D eigenvalue weighted by Crippen LogP contribution is 1.73. The van der Waals surface area contributed by atoms with E-state index in [0.29, 0.717) is 10.9 Å².